The van der Waals surface area contributed by atoms with E-state index in [9.17, 15) is 19.5 Å². The van der Waals surface area contributed by atoms with Gasteiger partial charge in [0.15, 0.2) is 11.2 Å². The third kappa shape index (κ3) is 5.37. The topological polar surface area (TPSA) is 160 Å². The molecule has 12 nitrogen and oxygen atoms in total. The van der Waals surface area contributed by atoms with Crippen molar-refractivity contribution in [2.75, 3.05) is 19.4 Å². The Kier molecular flexibility index (Phi) is 7.65. The van der Waals surface area contributed by atoms with E-state index in [4.69, 9.17) is 9.82 Å². The fraction of sp³-hybridized carbons (Fsp3) is 0.600. The maximum Gasteiger partial charge on any atom is 0.306 e. The fourth-order valence-corrected chi connectivity index (χ4v) is 5.28. The molecule has 12 heteroatoms. The fourth-order valence-electron chi connectivity index (χ4n) is 5.28. The molecule has 1 aliphatic heterocycles. The zero-order valence-corrected chi connectivity index (χ0v) is 21.8. The van der Waals surface area contributed by atoms with Crippen LogP contribution in [0.3, 0.4) is 0 Å². The van der Waals surface area contributed by atoms with Gasteiger partial charge in [0.1, 0.15) is 0 Å². The number of rotatable bonds is 9. The molecular formula is C25H35N7O5. The van der Waals surface area contributed by atoms with Crippen molar-refractivity contribution in [1.82, 2.24) is 25.4 Å². The van der Waals surface area contributed by atoms with E-state index >= 15 is 0 Å². The molecule has 2 amide bonds. The second-order valence-electron chi connectivity index (χ2n) is 9.87. The van der Waals surface area contributed by atoms with Gasteiger partial charge in [0, 0.05) is 44.9 Å². The summed E-state index contributed by atoms with van der Waals surface area (Å²) in [5.74, 6) is -1.56. The Balaban J connectivity index is 1.70. The molecule has 0 unspecified atom stereocenters. The Morgan fingerprint density at radius 2 is 1.78 bits per heavy atom. The second-order valence-corrected chi connectivity index (χ2v) is 9.87. The molecule has 1 aliphatic carbocycles. The third-order valence-electron chi connectivity index (χ3n) is 7.33. The smallest absolute Gasteiger partial charge is 0.306 e. The lowest BCUT2D eigenvalue weighted by molar-refractivity contribution is -0.143. The molecule has 0 radical (unpaired) electrons. The van der Waals surface area contributed by atoms with Gasteiger partial charge in [0.2, 0.25) is 11.8 Å². The van der Waals surface area contributed by atoms with Crippen molar-refractivity contribution in [3.8, 4) is 0 Å². The van der Waals surface area contributed by atoms with Gasteiger partial charge in [-0.1, -0.05) is 5.16 Å². The lowest BCUT2D eigenvalue weighted by Crippen LogP contribution is -2.40. The van der Waals surface area contributed by atoms with Crippen molar-refractivity contribution < 1.29 is 24.3 Å². The summed E-state index contributed by atoms with van der Waals surface area (Å²) in [5.41, 5.74) is 2.58. The molecule has 0 bridgehead atoms. The minimum Gasteiger partial charge on any atom is -0.481 e. The van der Waals surface area contributed by atoms with Crippen LogP contribution in [0.2, 0.25) is 0 Å². The number of hydrogen-bond acceptors (Lipinski definition) is 8. The van der Waals surface area contributed by atoms with Crippen LogP contribution in [0.1, 0.15) is 63.1 Å². The van der Waals surface area contributed by atoms with E-state index in [1.807, 2.05) is 18.5 Å². The van der Waals surface area contributed by atoms with Crippen molar-refractivity contribution in [2.24, 2.45) is 11.1 Å². The molecule has 1 fully saturated rings. The summed E-state index contributed by atoms with van der Waals surface area (Å²) >= 11 is 0. The first-order valence-corrected chi connectivity index (χ1v) is 12.7. The zero-order valence-electron chi connectivity index (χ0n) is 21.8. The Bertz CT molecular complexity index is 1210. The van der Waals surface area contributed by atoms with Crippen molar-refractivity contribution >= 4 is 40.2 Å². The van der Waals surface area contributed by atoms with E-state index in [0.29, 0.717) is 25.1 Å². The Hall–Kier alpha value is -3.70. The van der Waals surface area contributed by atoms with Crippen LogP contribution >= 0.6 is 0 Å². The molecule has 3 heterocycles. The predicted molar refractivity (Wildman–Crippen MR) is 137 cm³/mol. The number of carboxylic acid groups (broad SMARTS) is 1. The van der Waals surface area contributed by atoms with Gasteiger partial charge in [-0.3, -0.25) is 14.4 Å². The molecule has 0 aromatic carbocycles. The molecule has 4 rings (SSSR count). The number of amides is 2. The average molecular weight is 514 g/mol. The first-order chi connectivity index (χ1) is 17.7. The van der Waals surface area contributed by atoms with Crippen LogP contribution in [0.4, 0.5) is 5.69 Å². The number of fused-ring (bicyclic) bond motifs is 1. The van der Waals surface area contributed by atoms with Crippen LogP contribution in [0, 0.1) is 12.8 Å². The Labute approximate surface area is 215 Å². The number of nitrogens with zero attached hydrogens (tertiary/aromatic N) is 4. The number of pyridine rings is 1. The number of aliphatic carboxylic acids is 1. The minimum atomic E-state index is -1.11. The molecule has 2 aromatic rings. The summed E-state index contributed by atoms with van der Waals surface area (Å²) in [6, 6.07) is 0.0775. The van der Waals surface area contributed by atoms with Crippen molar-refractivity contribution in [2.45, 2.75) is 77.0 Å². The van der Waals surface area contributed by atoms with Gasteiger partial charge in [-0.2, -0.15) is 5.10 Å². The minimum absolute atomic E-state index is 0.0195. The normalized spacial score (nSPS) is 20.7. The molecule has 4 N–H and O–H groups in total. The van der Waals surface area contributed by atoms with Crippen LogP contribution in [-0.4, -0.2) is 69.1 Å². The van der Waals surface area contributed by atoms with Gasteiger partial charge in [0.05, 0.1) is 41.2 Å². The molecule has 2 aliphatic rings. The number of aryl methyl sites for hydroxylation is 2. The highest BCUT2D eigenvalue weighted by Gasteiger charge is 2.44. The van der Waals surface area contributed by atoms with Gasteiger partial charge < -0.3 is 25.9 Å². The summed E-state index contributed by atoms with van der Waals surface area (Å²) < 4.78 is 1.84. The first kappa shape index (κ1) is 26.4. The standard InChI is InChI=1S/C25H35N7O5/c1-5-32-23-21(14(2)30-32)22(29-16-8-6-15(7-9-16)24(35)36)17(13-28-23)18-10-25(37-31-18,11-19(33)26-3)12-20(34)27-4/h13,15-16H,5-12H2,1-4H3,(H,26,33)(H,27,34)(H,28,29)(H,35,36). The summed E-state index contributed by atoms with van der Waals surface area (Å²) in [6.45, 7) is 4.59. The van der Waals surface area contributed by atoms with E-state index in [-0.39, 0.29) is 43.0 Å². The molecule has 1 saturated carbocycles. The van der Waals surface area contributed by atoms with Crippen molar-refractivity contribution in [3.05, 3.63) is 17.5 Å². The Morgan fingerprint density at radius 1 is 1.14 bits per heavy atom. The number of carbonyl (C=O) groups excluding carboxylic acids is 2. The SMILES string of the molecule is CCn1nc(C)c2c(NC3CCC(C(=O)O)CC3)c(C3=NOC(CC(=O)NC)(CC(=O)NC)C3)cnc21. The van der Waals surface area contributed by atoms with Gasteiger partial charge in [0.25, 0.3) is 0 Å². The quantitative estimate of drug-likeness (QED) is 0.396. The number of anilines is 1. The summed E-state index contributed by atoms with van der Waals surface area (Å²) in [5, 5.41) is 28.1. The van der Waals surface area contributed by atoms with E-state index < -0.39 is 11.6 Å². The lowest BCUT2D eigenvalue weighted by atomic mass is 9.85. The number of carboxylic acids is 1. The number of oxime groups is 1. The van der Waals surface area contributed by atoms with Crippen LogP contribution in [-0.2, 0) is 25.8 Å². The first-order valence-electron chi connectivity index (χ1n) is 12.7. The average Bonchev–Trinajstić information content (AvgIpc) is 3.44. The van der Waals surface area contributed by atoms with Crippen LogP contribution < -0.4 is 16.0 Å². The highest BCUT2D eigenvalue weighted by molar-refractivity contribution is 6.11. The predicted octanol–water partition coefficient (Wildman–Crippen LogP) is 1.95. The van der Waals surface area contributed by atoms with Crippen LogP contribution in [0.5, 0.6) is 0 Å². The lowest BCUT2D eigenvalue weighted by Gasteiger charge is -2.29. The maximum absolute atomic E-state index is 12.3. The highest BCUT2D eigenvalue weighted by atomic mass is 16.7. The van der Waals surface area contributed by atoms with Crippen LogP contribution in [0.15, 0.2) is 11.4 Å². The van der Waals surface area contributed by atoms with Crippen molar-refractivity contribution in [1.29, 1.82) is 0 Å². The van der Waals surface area contributed by atoms with E-state index in [2.05, 4.69) is 26.2 Å². The van der Waals surface area contributed by atoms with E-state index in [1.54, 1.807) is 20.3 Å². The highest BCUT2D eigenvalue weighted by Crippen LogP contribution is 2.38. The molecule has 0 atom stereocenters. The molecule has 200 valence electrons. The molecule has 2 aromatic heterocycles. The number of hydrogen-bond donors (Lipinski definition) is 4. The second kappa shape index (κ2) is 10.7. The summed E-state index contributed by atoms with van der Waals surface area (Å²) in [7, 11) is 3.08. The van der Waals surface area contributed by atoms with Crippen LogP contribution in [0.25, 0.3) is 11.0 Å². The molecule has 0 saturated heterocycles. The summed E-state index contributed by atoms with van der Waals surface area (Å²) in [6.07, 6.45) is 4.61. The zero-order chi connectivity index (χ0) is 26.7. The third-order valence-corrected chi connectivity index (χ3v) is 7.33. The number of aromatic nitrogens is 3. The Morgan fingerprint density at radius 3 is 2.35 bits per heavy atom. The number of nitrogens with one attached hydrogen (secondary N) is 3. The van der Waals surface area contributed by atoms with Gasteiger partial charge in [-0.05, 0) is 39.5 Å². The van der Waals surface area contributed by atoms with Gasteiger partial charge in [-0.25, -0.2) is 9.67 Å². The monoisotopic (exact) mass is 513 g/mol. The van der Waals surface area contributed by atoms with E-state index in [0.717, 1.165) is 40.8 Å². The van der Waals surface area contributed by atoms with Crippen molar-refractivity contribution in [3.63, 3.8) is 0 Å². The molecule has 0 spiro atoms. The maximum atomic E-state index is 12.3. The largest absolute Gasteiger partial charge is 0.481 e. The van der Waals surface area contributed by atoms with E-state index in [1.165, 1.54) is 0 Å². The van der Waals surface area contributed by atoms with Gasteiger partial charge in [-0.15, -0.1) is 0 Å². The molecular weight excluding hydrogens is 478 g/mol. The summed E-state index contributed by atoms with van der Waals surface area (Å²) in [4.78, 5) is 46.5. The number of carbonyl (C=O) groups is 3. The van der Waals surface area contributed by atoms with Gasteiger partial charge >= 0.3 is 5.97 Å². The molecule has 37 heavy (non-hydrogen) atoms.